The zero-order chi connectivity index (χ0) is 15.8. The van der Waals surface area contributed by atoms with E-state index in [-0.39, 0.29) is 12.1 Å². The molecule has 3 unspecified atom stereocenters. The number of aliphatic hydroxyl groups is 1. The summed E-state index contributed by atoms with van der Waals surface area (Å²) >= 11 is 3.47. The molecule has 4 heteroatoms. The van der Waals surface area contributed by atoms with Crippen LogP contribution in [0.15, 0.2) is 28.7 Å². The number of aliphatic hydroxyl groups excluding tert-OH is 1. The van der Waals surface area contributed by atoms with Gasteiger partial charge >= 0.3 is 0 Å². The molecule has 0 bridgehead atoms. The normalized spacial score (nSPS) is 16.0. The zero-order valence-corrected chi connectivity index (χ0v) is 15.1. The first-order chi connectivity index (χ1) is 9.88. The molecule has 0 aliphatic carbocycles. The van der Waals surface area contributed by atoms with Crippen LogP contribution in [-0.2, 0) is 4.74 Å². The van der Waals surface area contributed by atoms with Crippen LogP contribution in [0.25, 0.3) is 0 Å². The van der Waals surface area contributed by atoms with Gasteiger partial charge < -0.3 is 15.2 Å². The quantitative estimate of drug-likeness (QED) is 0.703. The maximum absolute atomic E-state index is 9.99. The van der Waals surface area contributed by atoms with Crippen molar-refractivity contribution in [1.29, 1.82) is 0 Å². The van der Waals surface area contributed by atoms with E-state index in [0.717, 1.165) is 10.9 Å². The van der Waals surface area contributed by atoms with Crippen molar-refractivity contribution in [1.82, 2.24) is 5.32 Å². The predicted molar refractivity (Wildman–Crippen MR) is 91.4 cm³/mol. The summed E-state index contributed by atoms with van der Waals surface area (Å²) < 4.78 is 6.74. The molecule has 21 heavy (non-hydrogen) atoms. The summed E-state index contributed by atoms with van der Waals surface area (Å²) in [5.74, 6) is 0.617. The molecule has 0 aliphatic rings. The molecule has 0 saturated heterocycles. The Morgan fingerprint density at radius 1 is 1.24 bits per heavy atom. The molecule has 3 atom stereocenters. The smallest absolute Gasteiger partial charge is 0.0898 e. The topological polar surface area (TPSA) is 41.5 Å². The van der Waals surface area contributed by atoms with Crippen molar-refractivity contribution in [2.75, 3.05) is 13.2 Å². The van der Waals surface area contributed by atoms with Gasteiger partial charge in [0.1, 0.15) is 0 Å². The monoisotopic (exact) mass is 357 g/mol. The van der Waals surface area contributed by atoms with Gasteiger partial charge in [0.05, 0.1) is 18.8 Å². The lowest BCUT2D eigenvalue weighted by Crippen LogP contribution is -2.33. The van der Waals surface area contributed by atoms with E-state index < -0.39 is 6.10 Å². The van der Waals surface area contributed by atoms with Crippen molar-refractivity contribution in [3.8, 4) is 0 Å². The van der Waals surface area contributed by atoms with E-state index in [0.29, 0.717) is 19.1 Å². The molecule has 0 saturated carbocycles. The summed E-state index contributed by atoms with van der Waals surface area (Å²) in [6.45, 7) is 9.42. The second-order valence-corrected chi connectivity index (χ2v) is 7.03. The lowest BCUT2D eigenvalue weighted by molar-refractivity contribution is -0.00914. The number of nitrogens with one attached hydrogen (secondary N) is 1. The van der Waals surface area contributed by atoms with E-state index in [1.807, 2.05) is 12.1 Å². The lowest BCUT2D eigenvalue weighted by atomic mass is 10.1. The molecule has 3 nitrogen and oxygen atoms in total. The van der Waals surface area contributed by atoms with Crippen molar-refractivity contribution >= 4 is 15.9 Å². The van der Waals surface area contributed by atoms with Crippen LogP contribution in [0.4, 0.5) is 0 Å². The number of hydrogen-bond donors (Lipinski definition) is 2. The third kappa shape index (κ3) is 7.96. The second-order valence-electron chi connectivity index (χ2n) is 6.11. The van der Waals surface area contributed by atoms with E-state index in [9.17, 15) is 5.11 Å². The third-order valence-corrected chi connectivity index (χ3v) is 3.88. The van der Waals surface area contributed by atoms with Gasteiger partial charge in [-0.15, -0.1) is 0 Å². The molecule has 0 aliphatic heterocycles. The van der Waals surface area contributed by atoms with Gasteiger partial charge in [-0.2, -0.15) is 0 Å². The van der Waals surface area contributed by atoms with Crippen LogP contribution in [0.2, 0.25) is 0 Å². The molecule has 2 N–H and O–H groups in total. The van der Waals surface area contributed by atoms with Crippen molar-refractivity contribution in [2.45, 2.75) is 52.4 Å². The standard InChI is InChI=1S/C17H28BrNO2/c1-12(2)8-13(3)21-11-17(20)10-19-14(4)15-6-5-7-16(18)9-15/h5-7,9,12-14,17,19-20H,8,10-11H2,1-4H3. The van der Waals surface area contributed by atoms with Gasteiger partial charge in [0.25, 0.3) is 0 Å². The Morgan fingerprint density at radius 2 is 1.95 bits per heavy atom. The van der Waals surface area contributed by atoms with Crippen LogP contribution < -0.4 is 5.32 Å². The Hall–Kier alpha value is -0.420. The van der Waals surface area contributed by atoms with Crippen LogP contribution in [0.5, 0.6) is 0 Å². The summed E-state index contributed by atoms with van der Waals surface area (Å²) in [4.78, 5) is 0. The van der Waals surface area contributed by atoms with Crippen molar-refractivity contribution < 1.29 is 9.84 Å². The predicted octanol–water partition coefficient (Wildman–Crippen LogP) is 3.91. The van der Waals surface area contributed by atoms with E-state index in [1.54, 1.807) is 0 Å². The van der Waals surface area contributed by atoms with Crippen molar-refractivity contribution in [3.63, 3.8) is 0 Å². The zero-order valence-electron chi connectivity index (χ0n) is 13.5. The first-order valence-electron chi connectivity index (χ1n) is 7.67. The summed E-state index contributed by atoms with van der Waals surface area (Å²) in [5.41, 5.74) is 1.20. The lowest BCUT2D eigenvalue weighted by Gasteiger charge is -2.20. The molecule has 0 heterocycles. The molecule has 1 aromatic carbocycles. The van der Waals surface area contributed by atoms with Crippen LogP contribution >= 0.6 is 15.9 Å². The number of ether oxygens (including phenoxy) is 1. The fraction of sp³-hybridized carbons (Fsp3) is 0.647. The highest BCUT2D eigenvalue weighted by Crippen LogP contribution is 2.17. The molecule has 1 aromatic rings. The van der Waals surface area contributed by atoms with E-state index >= 15 is 0 Å². The van der Waals surface area contributed by atoms with Crippen LogP contribution in [0, 0.1) is 5.92 Å². The van der Waals surface area contributed by atoms with Gasteiger partial charge in [0, 0.05) is 17.1 Å². The minimum atomic E-state index is -0.478. The first-order valence-corrected chi connectivity index (χ1v) is 8.46. The Balaban J connectivity index is 2.27. The number of benzene rings is 1. The summed E-state index contributed by atoms with van der Waals surface area (Å²) in [6.07, 6.45) is 0.741. The summed E-state index contributed by atoms with van der Waals surface area (Å²) in [5, 5.41) is 13.3. The molecule has 0 amide bonds. The SMILES string of the molecule is CC(C)CC(C)OCC(O)CNC(C)c1cccc(Br)c1. The second kappa shape index (κ2) is 9.57. The van der Waals surface area contributed by atoms with Gasteiger partial charge in [-0.25, -0.2) is 0 Å². The highest BCUT2D eigenvalue weighted by Gasteiger charge is 2.12. The highest BCUT2D eigenvalue weighted by atomic mass is 79.9. The molecule has 0 spiro atoms. The molecule has 120 valence electrons. The van der Waals surface area contributed by atoms with Crippen molar-refractivity contribution in [2.24, 2.45) is 5.92 Å². The molecule has 1 rings (SSSR count). The number of rotatable bonds is 9. The van der Waals surface area contributed by atoms with Gasteiger partial charge in [-0.1, -0.05) is 41.9 Å². The molecule has 0 fully saturated rings. The maximum Gasteiger partial charge on any atom is 0.0898 e. The van der Waals surface area contributed by atoms with Crippen LogP contribution in [0.3, 0.4) is 0 Å². The van der Waals surface area contributed by atoms with E-state index in [4.69, 9.17) is 4.74 Å². The average Bonchev–Trinajstić information content (AvgIpc) is 2.41. The third-order valence-electron chi connectivity index (χ3n) is 3.38. The Bertz CT molecular complexity index is 412. The summed E-state index contributed by atoms with van der Waals surface area (Å²) in [7, 11) is 0. The fourth-order valence-corrected chi connectivity index (χ4v) is 2.69. The Morgan fingerprint density at radius 3 is 2.57 bits per heavy atom. The Kier molecular flexibility index (Phi) is 8.49. The molecule has 0 radical (unpaired) electrons. The van der Waals surface area contributed by atoms with Crippen molar-refractivity contribution in [3.05, 3.63) is 34.3 Å². The van der Waals surface area contributed by atoms with E-state index in [1.165, 1.54) is 5.56 Å². The fourth-order valence-electron chi connectivity index (χ4n) is 2.27. The average molecular weight is 358 g/mol. The largest absolute Gasteiger partial charge is 0.389 e. The highest BCUT2D eigenvalue weighted by molar-refractivity contribution is 9.10. The molecular weight excluding hydrogens is 330 g/mol. The van der Waals surface area contributed by atoms with Gasteiger partial charge in [-0.05, 0) is 43.9 Å². The van der Waals surface area contributed by atoms with Crippen LogP contribution in [-0.4, -0.2) is 30.5 Å². The number of hydrogen-bond acceptors (Lipinski definition) is 3. The maximum atomic E-state index is 9.99. The molecule has 0 aromatic heterocycles. The van der Waals surface area contributed by atoms with Gasteiger partial charge in [-0.3, -0.25) is 0 Å². The van der Waals surface area contributed by atoms with Gasteiger partial charge in [0.2, 0.25) is 0 Å². The first kappa shape index (κ1) is 18.6. The van der Waals surface area contributed by atoms with Crippen LogP contribution in [0.1, 0.15) is 45.7 Å². The Labute approximate surface area is 137 Å². The minimum Gasteiger partial charge on any atom is -0.389 e. The van der Waals surface area contributed by atoms with E-state index in [2.05, 4.69) is 61.1 Å². The minimum absolute atomic E-state index is 0.196. The van der Waals surface area contributed by atoms with Gasteiger partial charge in [0.15, 0.2) is 0 Å². The molecular formula is C17H28BrNO2. The summed E-state index contributed by atoms with van der Waals surface area (Å²) in [6, 6.07) is 8.39. The number of halogens is 1.